The number of halogens is 1. The molecule has 1 aliphatic rings. The normalized spacial score (nSPS) is 16.1. The third-order valence-electron chi connectivity index (χ3n) is 3.81. The Bertz CT molecular complexity index is 649. The van der Waals surface area contributed by atoms with E-state index in [4.69, 9.17) is 22.1 Å². The van der Waals surface area contributed by atoms with E-state index in [9.17, 15) is 0 Å². The lowest BCUT2D eigenvalue weighted by Gasteiger charge is -2.16. The molecule has 5 heteroatoms. The molecule has 1 aromatic carbocycles. The van der Waals surface area contributed by atoms with Gasteiger partial charge in [-0.15, -0.1) is 22.9 Å². The first kappa shape index (κ1) is 15.4. The van der Waals surface area contributed by atoms with E-state index in [1.165, 1.54) is 12.8 Å². The molecule has 0 atom stereocenters. The van der Waals surface area contributed by atoms with Gasteiger partial charge in [0.15, 0.2) is 0 Å². The average molecular weight is 335 g/mol. The number of ether oxygens (including phenoxy) is 1. The Balaban J connectivity index is 1.80. The number of benzene rings is 1. The minimum atomic E-state index is 0.326. The van der Waals surface area contributed by atoms with Gasteiger partial charge in [-0.2, -0.15) is 0 Å². The number of aliphatic imine (C=N–C) groups is 1. The molecule has 0 aliphatic heterocycles. The molecule has 1 saturated carbocycles. The standard InChI is InChI=1S/C17H19ClN2OS/c18-11-12-10-13(20-17(19)16-6-3-9-22-16)7-8-15(12)21-14-4-1-2-5-14/h3,6-10,14H,1-2,4-5,11H2,(H2,19,20). The molecule has 1 aliphatic carbocycles. The summed E-state index contributed by atoms with van der Waals surface area (Å²) in [5, 5.41) is 1.99. The number of thiophene rings is 1. The lowest BCUT2D eigenvalue weighted by atomic mass is 10.2. The van der Waals surface area contributed by atoms with E-state index in [-0.39, 0.29) is 0 Å². The van der Waals surface area contributed by atoms with Crippen molar-refractivity contribution >= 4 is 34.5 Å². The lowest BCUT2D eigenvalue weighted by Crippen LogP contribution is -2.12. The van der Waals surface area contributed by atoms with Crippen LogP contribution in [0.2, 0.25) is 0 Å². The van der Waals surface area contributed by atoms with E-state index in [2.05, 4.69) is 4.99 Å². The molecule has 3 nitrogen and oxygen atoms in total. The van der Waals surface area contributed by atoms with E-state index in [0.29, 0.717) is 17.8 Å². The van der Waals surface area contributed by atoms with Crippen LogP contribution >= 0.6 is 22.9 Å². The van der Waals surface area contributed by atoms with E-state index >= 15 is 0 Å². The Hall–Kier alpha value is -1.52. The highest BCUT2D eigenvalue weighted by Gasteiger charge is 2.18. The maximum Gasteiger partial charge on any atom is 0.141 e. The molecule has 116 valence electrons. The summed E-state index contributed by atoms with van der Waals surface area (Å²) in [6.45, 7) is 0. The molecular formula is C17H19ClN2OS. The summed E-state index contributed by atoms with van der Waals surface area (Å²) >= 11 is 7.65. The molecule has 0 unspecified atom stereocenters. The van der Waals surface area contributed by atoms with Crippen LogP contribution in [0.5, 0.6) is 5.75 Å². The van der Waals surface area contributed by atoms with E-state index < -0.39 is 0 Å². The molecule has 0 saturated heterocycles. The molecule has 3 rings (SSSR count). The summed E-state index contributed by atoms with van der Waals surface area (Å²) in [4.78, 5) is 5.44. The fourth-order valence-electron chi connectivity index (χ4n) is 2.66. The molecule has 1 aromatic heterocycles. The van der Waals surface area contributed by atoms with Crippen LogP contribution in [0.3, 0.4) is 0 Å². The van der Waals surface area contributed by atoms with Crippen molar-refractivity contribution in [2.45, 2.75) is 37.7 Å². The Morgan fingerprint density at radius 3 is 2.82 bits per heavy atom. The number of hydrogen-bond donors (Lipinski definition) is 1. The van der Waals surface area contributed by atoms with Crippen molar-refractivity contribution in [2.75, 3.05) is 0 Å². The number of rotatable bonds is 5. The van der Waals surface area contributed by atoms with Crippen molar-refractivity contribution in [1.82, 2.24) is 0 Å². The smallest absolute Gasteiger partial charge is 0.141 e. The monoisotopic (exact) mass is 334 g/mol. The van der Waals surface area contributed by atoms with Crippen molar-refractivity contribution in [2.24, 2.45) is 10.7 Å². The predicted molar refractivity (Wildman–Crippen MR) is 93.6 cm³/mol. The van der Waals surface area contributed by atoms with Crippen LogP contribution in [-0.2, 0) is 5.88 Å². The van der Waals surface area contributed by atoms with Gasteiger partial charge in [-0.1, -0.05) is 6.07 Å². The van der Waals surface area contributed by atoms with Crippen LogP contribution in [-0.4, -0.2) is 11.9 Å². The topological polar surface area (TPSA) is 47.6 Å². The van der Waals surface area contributed by atoms with Gasteiger partial charge in [-0.25, -0.2) is 4.99 Å². The van der Waals surface area contributed by atoms with Crippen LogP contribution in [0, 0.1) is 0 Å². The van der Waals surface area contributed by atoms with Crippen LogP contribution in [0.1, 0.15) is 36.1 Å². The second kappa shape index (κ2) is 7.16. The zero-order chi connectivity index (χ0) is 15.4. The first-order valence-corrected chi connectivity index (χ1v) is 8.91. The Labute approximate surface area is 139 Å². The molecule has 1 fully saturated rings. The number of nitrogens with zero attached hydrogens (tertiary/aromatic N) is 1. The number of hydrogen-bond acceptors (Lipinski definition) is 3. The van der Waals surface area contributed by atoms with Crippen molar-refractivity contribution in [3.05, 3.63) is 46.2 Å². The van der Waals surface area contributed by atoms with E-state index in [0.717, 1.165) is 34.7 Å². The quantitative estimate of drug-likeness (QED) is 0.483. The molecule has 0 bridgehead atoms. The third kappa shape index (κ3) is 3.62. The summed E-state index contributed by atoms with van der Waals surface area (Å²) in [5.74, 6) is 1.81. The van der Waals surface area contributed by atoms with Gasteiger partial charge < -0.3 is 10.5 Å². The van der Waals surface area contributed by atoms with Crippen LogP contribution in [0.25, 0.3) is 0 Å². The molecule has 2 aromatic rings. The fourth-order valence-corrected chi connectivity index (χ4v) is 3.50. The van der Waals surface area contributed by atoms with Gasteiger partial charge in [0.25, 0.3) is 0 Å². The van der Waals surface area contributed by atoms with Gasteiger partial charge in [0.2, 0.25) is 0 Å². The maximum absolute atomic E-state index is 6.07. The van der Waals surface area contributed by atoms with E-state index in [1.54, 1.807) is 11.3 Å². The van der Waals surface area contributed by atoms with Gasteiger partial charge in [0.05, 0.1) is 22.5 Å². The molecule has 1 heterocycles. The van der Waals surface area contributed by atoms with Crippen molar-refractivity contribution in [3.63, 3.8) is 0 Å². The van der Waals surface area contributed by atoms with Gasteiger partial charge in [0.1, 0.15) is 11.6 Å². The molecule has 22 heavy (non-hydrogen) atoms. The van der Waals surface area contributed by atoms with Crippen molar-refractivity contribution in [3.8, 4) is 5.75 Å². The largest absolute Gasteiger partial charge is 0.490 e. The predicted octanol–water partition coefficient (Wildman–Crippen LogP) is 4.85. The highest BCUT2D eigenvalue weighted by atomic mass is 35.5. The zero-order valence-electron chi connectivity index (χ0n) is 12.3. The minimum absolute atomic E-state index is 0.326. The molecule has 0 spiro atoms. The third-order valence-corrected chi connectivity index (χ3v) is 4.99. The molecule has 2 N–H and O–H groups in total. The highest BCUT2D eigenvalue weighted by Crippen LogP contribution is 2.30. The van der Waals surface area contributed by atoms with Crippen LogP contribution in [0.4, 0.5) is 5.69 Å². The van der Waals surface area contributed by atoms with Gasteiger partial charge >= 0.3 is 0 Å². The second-order valence-electron chi connectivity index (χ2n) is 5.42. The Kier molecular flexibility index (Phi) is 5.01. The summed E-state index contributed by atoms with van der Waals surface area (Å²) in [7, 11) is 0. The zero-order valence-corrected chi connectivity index (χ0v) is 13.9. The number of alkyl halides is 1. The number of nitrogens with two attached hydrogens (primary N) is 1. The first-order valence-electron chi connectivity index (χ1n) is 7.50. The first-order chi connectivity index (χ1) is 10.8. The SMILES string of the molecule is NC(=Nc1ccc(OC2CCCC2)c(CCl)c1)c1cccs1. The summed E-state index contributed by atoms with van der Waals surface area (Å²) in [6, 6.07) is 9.77. The van der Waals surface area contributed by atoms with Gasteiger partial charge in [-0.05, 0) is 55.3 Å². The lowest BCUT2D eigenvalue weighted by molar-refractivity contribution is 0.208. The minimum Gasteiger partial charge on any atom is -0.490 e. The Morgan fingerprint density at radius 1 is 1.32 bits per heavy atom. The van der Waals surface area contributed by atoms with Gasteiger partial charge in [-0.3, -0.25) is 0 Å². The average Bonchev–Trinajstić information content (AvgIpc) is 3.21. The second-order valence-corrected chi connectivity index (χ2v) is 6.64. The van der Waals surface area contributed by atoms with Crippen LogP contribution in [0.15, 0.2) is 40.7 Å². The summed E-state index contributed by atoms with van der Waals surface area (Å²) in [6.07, 6.45) is 5.09. The van der Waals surface area contributed by atoms with Gasteiger partial charge in [0, 0.05) is 5.56 Å². The van der Waals surface area contributed by atoms with Crippen molar-refractivity contribution < 1.29 is 4.74 Å². The van der Waals surface area contributed by atoms with Crippen molar-refractivity contribution in [1.29, 1.82) is 0 Å². The molecular weight excluding hydrogens is 316 g/mol. The summed E-state index contributed by atoms with van der Waals surface area (Å²) < 4.78 is 6.07. The summed E-state index contributed by atoms with van der Waals surface area (Å²) in [5.41, 5.74) is 7.80. The molecule has 0 amide bonds. The van der Waals surface area contributed by atoms with Crippen LogP contribution < -0.4 is 10.5 Å². The Morgan fingerprint density at radius 2 is 2.14 bits per heavy atom. The number of amidine groups is 1. The highest BCUT2D eigenvalue weighted by molar-refractivity contribution is 7.12. The maximum atomic E-state index is 6.07. The fraction of sp³-hybridized carbons (Fsp3) is 0.353. The molecule has 0 radical (unpaired) electrons. The van der Waals surface area contributed by atoms with E-state index in [1.807, 2.05) is 35.7 Å².